The first kappa shape index (κ1) is 12.7. The molecule has 0 aliphatic heterocycles. The van der Waals surface area contributed by atoms with Gasteiger partial charge in [0.2, 0.25) is 0 Å². The molecule has 2 N–H and O–H groups in total. The Balaban J connectivity index is 2.68. The van der Waals surface area contributed by atoms with Gasteiger partial charge in [0.1, 0.15) is 0 Å². The third-order valence-electron chi connectivity index (χ3n) is 2.82. The maximum absolute atomic E-state index is 5.75. The molecule has 0 heterocycles. The molecule has 1 rings (SSSR count). The van der Waals surface area contributed by atoms with E-state index in [1.54, 1.807) is 13.2 Å². The zero-order valence-electron chi connectivity index (χ0n) is 10.3. The predicted molar refractivity (Wildman–Crippen MR) is 67.0 cm³/mol. The number of benzene rings is 1. The topological polar surface area (TPSA) is 44.5 Å². The molecule has 0 unspecified atom stereocenters. The van der Waals surface area contributed by atoms with Gasteiger partial charge in [-0.05, 0) is 18.1 Å². The summed E-state index contributed by atoms with van der Waals surface area (Å²) in [6.07, 6.45) is 2.25. The number of hydrogen-bond acceptors (Lipinski definition) is 3. The quantitative estimate of drug-likeness (QED) is 0.754. The Morgan fingerprint density at radius 3 is 2.44 bits per heavy atom. The van der Waals surface area contributed by atoms with Gasteiger partial charge in [-0.3, -0.25) is 0 Å². The number of ether oxygens (including phenoxy) is 2. The van der Waals surface area contributed by atoms with E-state index in [-0.39, 0.29) is 0 Å². The van der Waals surface area contributed by atoms with E-state index in [0.717, 1.165) is 24.3 Å². The first-order chi connectivity index (χ1) is 7.71. The Labute approximate surface area is 97.6 Å². The molecule has 0 fully saturated rings. The average Bonchev–Trinajstić information content (AvgIpc) is 2.30. The summed E-state index contributed by atoms with van der Waals surface area (Å²) in [5.74, 6) is 2.06. The van der Waals surface area contributed by atoms with E-state index >= 15 is 0 Å². The van der Waals surface area contributed by atoms with Crippen molar-refractivity contribution in [3.05, 3.63) is 18.2 Å². The van der Waals surface area contributed by atoms with Crippen LogP contribution in [0.15, 0.2) is 18.2 Å². The van der Waals surface area contributed by atoms with Crippen molar-refractivity contribution < 1.29 is 9.47 Å². The minimum absolute atomic E-state index is 0.589. The summed E-state index contributed by atoms with van der Waals surface area (Å²) in [7, 11) is 1.63. The van der Waals surface area contributed by atoms with E-state index in [4.69, 9.17) is 15.2 Å². The Morgan fingerprint density at radius 2 is 1.88 bits per heavy atom. The minimum Gasteiger partial charge on any atom is -0.493 e. The molecule has 0 aromatic heterocycles. The van der Waals surface area contributed by atoms with Crippen molar-refractivity contribution in [1.82, 2.24) is 0 Å². The molecule has 0 aliphatic carbocycles. The second-order valence-electron chi connectivity index (χ2n) is 3.90. The van der Waals surface area contributed by atoms with Crippen LogP contribution in [0.5, 0.6) is 11.5 Å². The highest BCUT2D eigenvalue weighted by Gasteiger charge is 2.08. The summed E-state index contributed by atoms with van der Waals surface area (Å²) in [4.78, 5) is 0. The Bertz CT molecular complexity index is 322. The van der Waals surface area contributed by atoms with E-state index in [2.05, 4.69) is 13.8 Å². The Hall–Kier alpha value is -1.38. The Kier molecular flexibility index (Phi) is 4.96. The number of nitrogen functional groups attached to an aromatic ring is 1. The van der Waals surface area contributed by atoms with Gasteiger partial charge in [-0.2, -0.15) is 0 Å². The summed E-state index contributed by atoms with van der Waals surface area (Å²) in [5, 5.41) is 0. The molecular formula is C13H21NO2. The number of methoxy groups -OCH3 is 1. The van der Waals surface area contributed by atoms with Crippen LogP contribution in [0.25, 0.3) is 0 Å². The highest BCUT2D eigenvalue weighted by molar-refractivity contribution is 5.51. The molecule has 0 bridgehead atoms. The van der Waals surface area contributed by atoms with Crippen LogP contribution in [-0.2, 0) is 0 Å². The molecular weight excluding hydrogens is 202 g/mol. The molecule has 0 aliphatic rings. The molecule has 0 radical (unpaired) electrons. The van der Waals surface area contributed by atoms with E-state index in [1.807, 2.05) is 12.1 Å². The van der Waals surface area contributed by atoms with Gasteiger partial charge in [-0.15, -0.1) is 0 Å². The van der Waals surface area contributed by atoms with Gasteiger partial charge in [0.15, 0.2) is 11.5 Å². The minimum atomic E-state index is 0.589. The van der Waals surface area contributed by atoms with Crippen LogP contribution in [0.2, 0.25) is 0 Å². The molecule has 1 aromatic carbocycles. The summed E-state index contributed by atoms with van der Waals surface area (Å²) >= 11 is 0. The molecule has 16 heavy (non-hydrogen) atoms. The van der Waals surface area contributed by atoms with Crippen LogP contribution in [0, 0.1) is 5.92 Å². The molecule has 90 valence electrons. The fourth-order valence-corrected chi connectivity index (χ4v) is 1.54. The van der Waals surface area contributed by atoms with Gasteiger partial charge in [-0.1, -0.05) is 26.7 Å². The monoisotopic (exact) mass is 223 g/mol. The lowest BCUT2D eigenvalue weighted by Gasteiger charge is -2.16. The smallest absolute Gasteiger partial charge is 0.163 e. The van der Waals surface area contributed by atoms with Crippen LogP contribution < -0.4 is 15.2 Å². The van der Waals surface area contributed by atoms with Gasteiger partial charge in [0, 0.05) is 11.8 Å². The number of anilines is 1. The van der Waals surface area contributed by atoms with Crippen molar-refractivity contribution in [2.45, 2.75) is 26.7 Å². The molecule has 0 saturated heterocycles. The maximum atomic E-state index is 5.75. The lowest BCUT2D eigenvalue weighted by molar-refractivity contribution is 0.231. The van der Waals surface area contributed by atoms with Crippen LogP contribution in [0.3, 0.4) is 0 Å². The van der Waals surface area contributed by atoms with Crippen LogP contribution in [0.4, 0.5) is 5.69 Å². The second kappa shape index (κ2) is 6.26. The van der Waals surface area contributed by atoms with Gasteiger partial charge >= 0.3 is 0 Å². The standard InChI is InChI=1S/C13H21NO2/c1-4-10(5-2)9-16-13-8-11(14)6-7-12(13)15-3/h6-8,10H,4-5,9,14H2,1-3H3. The normalized spacial score (nSPS) is 10.5. The van der Waals surface area contributed by atoms with Crippen molar-refractivity contribution in [2.24, 2.45) is 5.92 Å². The lowest BCUT2D eigenvalue weighted by atomic mass is 10.1. The molecule has 0 saturated carbocycles. The summed E-state index contributed by atoms with van der Waals surface area (Å²) < 4.78 is 11.0. The van der Waals surface area contributed by atoms with Gasteiger partial charge in [0.25, 0.3) is 0 Å². The highest BCUT2D eigenvalue weighted by Crippen LogP contribution is 2.29. The zero-order chi connectivity index (χ0) is 12.0. The average molecular weight is 223 g/mol. The number of hydrogen-bond donors (Lipinski definition) is 1. The zero-order valence-corrected chi connectivity index (χ0v) is 10.3. The summed E-state index contributed by atoms with van der Waals surface area (Å²) in [6, 6.07) is 5.45. The fourth-order valence-electron chi connectivity index (χ4n) is 1.54. The van der Waals surface area contributed by atoms with E-state index < -0.39 is 0 Å². The van der Waals surface area contributed by atoms with Crippen molar-refractivity contribution in [3.63, 3.8) is 0 Å². The molecule has 1 aromatic rings. The predicted octanol–water partition coefficient (Wildman–Crippen LogP) is 3.09. The van der Waals surface area contributed by atoms with Crippen molar-refractivity contribution in [3.8, 4) is 11.5 Å². The van der Waals surface area contributed by atoms with E-state index in [1.165, 1.54) is 0 Å². The van der Waals surface area contributed by atoms with Crippen LogP contribution in [-0.4, -0.2) is 13.7 Å². The molecule has 0 atom stereocenters. The number of nitrogens with two attached hydrogens (primary N) is 1. The molecule has 3 nitrogen and oxygen atoms in total. The largest absolute Gasteiger partial charge is 0.493 e. The molecule has 0 amide bonds. The Morgan fingerprint density at radius 1 is 1.19 bits per heavy atom. The van der Waals surface area contributed by atoms with Crippen molar-refractivity contribution in [2.75, 3.05) is 19.5 Å². The first-order valence-electron chi connectivity index (χ1n) is 5.77. The molecule has 0 spiro atoms. The van der Waals surface area contributed by atoms with Crippen LogP contribution in [0.1, 0.15) is 26.7 Å². The van der Waals surface area contributed by atoms with Gasteiger partial charge in [0.05, 0.1) is 13.7 Å². The summed E-state index contributed by atoms with van der Waals surface area (Å²) in [5.41, 5.74) is 6.41. The molecule has 3 heteroatoms. The highest BCUT2D eigenvalue weighted by atomic mass is 16.5. The van der Waals surface area contributed by atoms with E-state index in [0.29, 0.717) is 18.2 Å². The van der Waals surface area contributed by atoms with Crippen molar-refractivity contribution >= 4 is 5.69 Å². The first-order valence-corrected chi connectivity index (χ1v) is 5.77. The fraction of sp³-hybridized carbons (Fsp3) is 0.538. The summed E-state index contributed by atoms with van der Waals surface area (Å²) in [6.45, 7) is 5.06. The third kappa shape index (κ3) is 3.33. The van der Waals surface area contributed by atoms with Gasteiger partial charge in [-0.25, -0.2) is 0 Å². The number of rotatable bonds is 6. The lowest BCUT2D eigenvalue weighted by Crippen LogP contribution is -2.10. The third-order valence-corrected chi connectivity index (χ3v) is 2.82. The van der Waals surface area contributed by atoms with Gasteiger partial charge < -0.3 is 15.2 Å². The maximum Gasteiger partial charge on any atom is 0.163 e. The van der Waals surface area contributed by atoms with Crippen LogP contribution >= 0.6 is 0 Å². The van der Waals surface area contributed by atoms with Crippen molar-refractivity contribution in [1.29, 1.82) is 0 Å². The van der Waals surface area contributed by atoms with E-state index in [9.17, 15) is 0 Å². The SMILES string of the molecule is CCC(CC)COc1cc(N)ccc1OC. The second-order valence-corrected chi connectivity index (χ2v) is 3.90.